The number of fused-ring (bicyclic) bond motifs is 1. The molecule has 130 valence electrons. The SMILES string of the molecule is O=C(NC1CCc2[nH]ncc2C1)N1CC=C(c2ccc(O)cc2)CC1. The fraction of sp³-hybridized carbons (Fsp3) is 0.368. The second-order valence-electron chi connectivity index (χ2n) is 6.74. The van der Waals surface area contributed by atoms with Gasteiger partial charge in [0.15, 0.2) is 0 Å². The molecule has 1 aromatic heterocycles. The average molecular weight is 338 g/mol. The third-order valence-corrected chi connectivity index (χ3v) is 5.08. The van der Waals surface area contributed by atoms with Gasteiger partial charge >= 0.3 is 6.03 Å². The van der Waals surface area contributed by atoms with Crippen LogP contribution in [0.15, 0.2) is 36.5 Å². The first-order valence-corrected chi connectivity index (χ1v) is 8.74. The lowest BCUT2D eigenvalue weighted by Crippen LogP contribution is -2.47. The Bertz CT molecular complexity index is 794. The molecule has 0 bridgehead atoms. The summed E-state index contributed by atoms with van der Waals surface area (Å²) >= 11 is 0. The fourth-order valence-corrected chi connectivity index (χ4v) is 3.60. The molecule has 4 rings (SSSR count). The number of hydrogen-bond acceptors (Lipinski definition) is 3. The molecule has 2 heterocycles. The zero-order valence-electron chi connectivity index (χ0n) is 14.0. The van der Waals surface area contributed by atoms with Crippen LogP contribution in [0.4, 0.5) is 4.79 Å². The molecule has 2 amide bonds. The van der Waals surface area contributed by atoms with Crippen LogP contribution in [0.3, 0.4) is 0 Å². The Morgan fingerprint density at radius 2 is 2.12 bits per heavy atom. The number of H-pyrrole nitrogens is 1. The van der Waals surface area contributed by atoms with Crippen molar-refractivity contribution in [3.05, 3.63) is 53.4 Å². The third-order valence-electron chi connectivity index (χ3n) is 5.08. The van der Waals surface area contributed by atoms with Gasteiger partial charge in [-0.25, -0.2) is 4.79 Å². The molecule has 2 aliphatic rings. The number of aromatic nitrogens is 2. The first-order chi connectivity index (χ1) is 12.2. The molecule has 0 fully saturated rings. The fourth-order valence-electron chi connectivity index (χ4n) is 3.60. The Morgan fingerprint density at radius 1 is 1.28 bits per heavy atom. The highest BCUT2D eigenvalue weighted by atomic mass is 16.3. The summed E-state index contributed by atoms with van der Waals surface area (Å²) in [5.74, 6) is 0.273. The van der Waals surface area contributed by atoms with E-state index in [1.165, 1.54) is 16.8 Å². The average Bonchev–Trinajstić information content (AvgIpc) is 3.10. The molecule has 2 aromatic rings. The standard InChI is InChI=1S/C19H22N4O2/c24-17-4-1-13(2-5-17)14-7-9-23(10-8-14)19(25)21-16-3-6-18-15(11-16)12-20-22-18/h1-2,4-5,7,12,16,24H,3,6,8-11H2,(H,20,22)(H,21,25). The van der Waals surface area contributed by atoms with Gasteiger partial charge in [-0.3, -0.25) is 5.10 Å². The van der Waals surface area contributed by atoms with Crippen molar-refractivity contribution in [3.63, 3.8) is 0 Å². The lowest BCUT2D eigenvalue weighted by atomic mass is 9.93. The van der Waals surface area contributed by atoms with Crippen LogP contribution in [0.2, 0.25) is 0 Å². The quantitative estimate of drug-likeness (QED) is 0.787. The molecular weight excluding hydrogens is 316 g/mol. The van der Waals surface area contributed by atoms with Gasteiger partial charge < -0.3 is 15.3 Å². The van der Waals surface area contributed by atoms with Crippen molar-refractivity contribution in [1.29, 1.82) is 0 Å². The van der Waals surface area contributed by atoms with Crippen molar-refractivity contribution in [2.24, 2.45) is 0 Å². The predicted octanol–water partition coefficient (Wildman–Crippen LogP) is 2.47. The minimum atomic E-state index is 0.0120. The third kappa shape index (κ3) is 3.38. The van der Waals surface area contributed by atoms with Crippen LogP contribution in [0, 0.1) is 0 Å². The zero-order chi connectivity index (χ0) is 17.2. The number of aromatic hydroxyl groups is 1. The van der Waals surface area contributed by atoms with E-state index < -0.39 is 0 Å². The molecule has 6 heteroatoms. The molecule has 1 aliphatic carbocycles. The second kappa shape index (κ2) is 6.63. The summed E-state index contributed by atoms with van der Waals surface area (Å²) in [6.45, 7) is 1.33. The van der Waals surface area contributed by atoms with E-state index in [2.05, 4.69) is 21.6 Å². The van der Waals surface area contributed by atoms with E-state index in [0.29, 0.717) is 13.1 Å². The predicted molar refractivity (Wildman–Crippen MR) is 95.2 cm³/mol. The highest BCUT2D eigenvalue weighted by molar-refractivity contribution is 5.77. The summed E-state index contributed by atoms with van der Waals surface area (Å²) in [4.78, 5) is 14.4. The molecule has 1 unspecified atom stereocenters. The van der Waals surface area contributed by atoms with Crippen LogP contribution in [-0.4, -0.2) is 45.4 Å². The summed E-state index contributed by atoms with van der Waals surface area (Å²) < 4.78 is 0. The van der Waals surface area contributed by atoms with E-state index in [1.807, 2.05) is 23.2 Å². The lowest BCUT2D eigenvalue weighted by Gasteiger charge is -2.30. The number of nitrogens with zero attached hydrogens (tertiary/aromatic N) is 2. The highest BCUT2D eigenvalue weighted by Crippen LogP contribution is 2.24. The van der Waals surface area contributed by atoms with Gasteiger partial charge in [0.05, 0.1) is 6.20 Å². The minimum absolute atomic E-state index is 0.0120. The number of carbonyl (C=O) groups is 1. The van der Waals surface area contributed by atoms with Gasteiger partial charge in [-0.2, -0.15) is 5.10 Å². The summed E-state index contributed by atoms with van der Waals surface area (Å²) in [6.07, 6.45) is 7.52. The molecule has 1 atom stereocenters. The molecule has 6 nitrogen and oxygen atoms in total. The second-order valence-corrected chi connectivity index (χ2v) is 6.74. The number of aryl methyl sites for hydroxylation is 1. The molecule has 1 aromatic carbocycles. The highest BCUT2D eigenvalue weighted by Gasteiger charge is 2.24. The number of benzene rings is 1. The first kappa shape index (κ1) is 15.7. The van der Waals surface area contributed by atoms with Gasteiger partial charge in [0.25, 0.3) is 0 Å². The van der Waals surface area contributed by atoms with E-state index in [9.17, 15) is 9.90 Å². The van der Waals surface area contributed by atoms with Crippen molar-refractivity contribution in [2.45, 2.75) is 31.7 Å². The van der Waals surface area contributed by atoms with Gasteiger partial charge in [0.2, 0.25) is 0 Å². The Balaban J connectivity index is 1.34. The number of carbonyl (C=O) groups excluding carboxylic acids is 1. The Kier molecular flexibility index (Phi) is 4.17. The number of phenolic OH excluding ortho intramolecular Hbond substituents is 1. The van der Waals surface area contributed by atoms with Crippen LogP contribution in [0.5, 0.6) is 5.75 Å². The molecule has 0 spiro atoms. The van der Waals surface area contributed by atoms with E-state index in [0.717, 1.165) is 31.2 Å². The zero-order valence-corrected chi connectivity index (χ0v) is 14.0. The Hall–Kier alpha value is -2.76. The van der Waals surface area contributed by atoms with Crippen LogP contribution in [-0.2, 0) is 12.8 Å². The molecule has 25 heavy (non-hydrogen) atoms. The molecule has 3 N–H and O–H groups in total. The van der Waals surface area contributed by atoms with Gasteiger partial charge in [0.1, 0.15) is 5.75 Å². The molecular formula is C19H22N4O2. The maximum Gasteiger partial charge on any atom is 0.317 e. The monoisotopic (exact) mass is 338 g/mol. The number of hydrogen-bond donors (Lipinski definition) is 3. The molecule has 1 aliphatic heterocycles. The summed E-state index contributed by atoms with van der Waals surface area (Å²) in [6, 6.07) is 7.42. The van der Waals surface area contributed by atoms with Crippen LogP contribution >= 0.6 is 0 Å². The van der Waals surface area contributed by atoms with Gasteiger partial charge in [-0.1, -0.05) is 18.2 Å². The first-order valence-electron chi connectivity index (χ1n) is 8.74. The van der Waals surface area contributed by atoms with Crippen LogP contribution < -0.4 is 5.32 Å². The number of aromatic amines is 1. The maximum atomic E-state index is 12.5. The smallest absolute Gasteiger partial charge is 0.317 e. The normalized spacial score (nSPS) is 19.9. The van der Waals surface area contributed by atoms with E-state index in [1.54, 1.807) is 12.1 Å². The molecule has 0 saturated heterocycles. The lowest BCUT2D eigenvalue weighted by molar-refractivity contribution is 0.197. The van der Waals surface area contributed by atoms with Gasteiger partial charge in [-0.15, -0.1) is 0 Å². The Labute approximate surface area is 146 Å². The Morgan fingerprint density at radius 3 is 2.88 bits per heavy atom. The van der Waals surface area contributed by atoms with Crippen molar-refractivity contribution < 1.29 is 9.90 Å². The van der Waals surface area contributed by atoms with Crippen LogP contribution in [0.1, 0.15) is 29.7 Å². The largest absolute Gasteiger partial charge is 0.508 e. The van der Waals surface area contributed by atoms with Crippen molar-refractivity contribution in [1.82, 2.24) is 20.4 Å². The van der Waals surface area contributed by atoms with E-state index in [-0.39, 0.29) is 17.8 Å². The number of urea groups is 1. The molecule has 0 saturated carbocycles. The van der Waals surface area contributed by atoms with Gasteiger partial charge in [0, 0.05) is 24.8 Å². The van der Waals surface area contributed by atoms with Crippen molar-refractivity contribution in [2.75, 3.05) is 13.1 Å². The number of amides is 2. The summed E-state index contributed by atoms with van der Waals surface area (Å²) in [7, 11) is 0. The van der Waals surface area contributed by atoms with E-state index in [4.69, 9.17) is 0 Å². The summed E-state index contributed by atoms with van der Waals surface area (Å²) in [5, 5.41) is 19.7. The topological polar surface area (TPSA) is 81.2 Å². The van der Waals surface area contributed by atoms with Crippen LogP contribution in [0.25, 0.3) is 5.57 Å². The number of phenols is 1. The van der Waals surface area contributed by atoms with Gasteiger partial charge in [-0.05, 0) is 54.5 Å². The molecule has 0 radical (unpaired) electrons. The van der Waals surface area contributed by atoms with Crippen molar-refractivity contribution in [3.8, 4) is 5.75 Å². The van der Waals surface area contributed by atoms with E-state index >= 15 is 0 Å². The number of nitrogens with one attached hydrogen (secondary N) is 2. The number of rotatable bonds is 2. The summed E-state index contributed by atoms with van der Waals surface area (Å²) in [5.41, 5.74) is 4.75. The minimum Gasteiger partial charge on any atom is -0.508 e. The maximum absolute atomic E-state index is 12.5. The van der Waals surface area contributed by atoms with Crippen molar-refractivity contribution >= 4 is 11.6 Å².